The van der Waals surface area contributed by atoms with Gasteiger partial charge in [-0.1, -0.05) is 123 Å². The van der Waals surface area contributed by atoms with Crippen molar-refractivity contribution in [3.63, 3.8) is 0 Å². The Labute approximate surface area is 253 Å². The first-order valence-electron chi connectivity index (χ1n) is 15.1. The molecule has 0 unspecified atom stereocenters. The van der Waals surface area contributed by atoms with Crippen molar-refractivity contribution in [1.82, 2.24) is 0 Å². The van der Waals surface area contributed by atoms with E-state index in [2.05, 4.69) is 171 Å². The van der Waals surface area contributed by atoms with Gasteiger partial charge in [0.15, 0.2) is 0 Å². The minimum absolute atomic E-state index is 0.0100. The van der Waals surface area contributed by atoms with Crippen LogP contribution in [0.3, 0.4) is 0 Å². The Kier molecular flexibility index (Phi) is 5.77. The molecule has 0 saturated carbocycles. The van der Waals surface area contributed by atoms with E-state index in [0.717, 1.165) is 11.4 Å². The van der Waals surface area contributed by atoms with Gasteiger partial charge in [0.05, 0.1) is 0 Å². The number of anilines is 3. The Morgan fingerprint density at radius 3 is 1.95 bits per heavy atom. The lowest BCUT2D eigenvalue weighted by atomic mass is 9.82. The molecule has 7 aromatic rings. The van der Waals surface area contributed by atoms with Crippen LogP contribution in [-0.4, -0.2) is 0 Å². The van der Waals surface area contributed by atoms with E-state index in [1.165, 1.54) is 66.2 Å². The Bertz CT molecular complexity index is 2160. The van der Waals surface area contributed by atoms with Crippen molar-refractivity contribution in [2.75, 3.05) is 4.90 Å². The fourth-order valence-electron chi connectivity index (χ4n) is 7.01. The minimum atomic E-state index is -0.0100. The summed E-state index contributed by atoms with van der Waals surface area (Å²) in [5, 5.41) is 5.02. The molecule has 0 fully saturated rings. The highest BCUT2D eigenvalue weighted by atomic mass is 15.1. The van der Waals surface area contributed by atoms with Gasteiger partial charge >= 0.3 is 0 Å². The maximum absolute atomic E-state index is 2.39. The van der Waals surface area contributed by atoms with E-state index in [1.807, 2.05) is 0 Å². The van der Waals surface area contributed by atoms with Crippen molar-refractivity contribution in [3.8, 4) is 22.3 Å². The zero-order chi connectivity index (χ0) is 29.1. The molecule has 0 bridgehead atoms. The van der Waals surface area contributed by atoms with Crippen molar-refractivity contribution >= 4 is 38.6 Å². The summed E-state index contributed by atoms with van der Waals surface area (Å²) in [5.41, 5.74) is 12.7. The van der Waals surface area contributed by atoms with Gasteiger partial charge in [0.2, 0.25) is 0 Å². The van der Waals surface area contributed by atoms with E-state index in [0.29, 0.717) is 0 Å². The molecule has 0 aliphatic heterocycles. The molecule has 8 rings (SSSR count). The molecule has 206 valence electrons. The lowest BCUT2D eigenvalue weighted by molar-refractivity contribution is 0.660. The van der Waals surface area contributed by atoms with Crippen LogP contribution in [-0.2, 0) is 5.41 Å². The zero-order valence-corrected chi connectivity index (χ0v) is 24.8. The van der Waals surface area contributed by atoms with Crippen LogP contribution >= 0.6 is 0 Å². The number of aryl methyl sites for hydroxylation is 1. The summed E-state index contributed by atoms with van der Waals surface area (Å²) >= 11 is 0. The average molecular weight is 552 g/mol. The molecule has 7 aromatic carbocycles. The quantitative estimate of drug-likeness (QED) is 0.210. The van der Waals surface area contributed by atoms with Gasteiger partial charge < -0.3 is 4.90 Å². The first-order chi connectivity index (χ1) is 21.0. The van der Waals surface area contributed by atoms with E-state index >= 15 is 0 Å². The Balaban J connectivity index is 1.26. The smallest absolute Gasteiger partial charge is 0.0468 e. The maximum atomic E-state index is 2.39. The van der Waals surface area contributed by atoms with Gasteiger partial charge in [-0.2, -0.15) is 0 Å². The van der Waals surface area contributed by atoms with Crippen LogP contribution in [0.25, 0.3) is 43.8 Å². The van der Waals surface area contributed by atoms with Crippen molar-refractivity contribution in [2.24, 2.45) is 0 Å². The van der Waals surface area contributed by atoms with E-state index in [4.69, 9.17) is 0 Å². The molecular weight excluding hydrogens is 518 g/mol. The highest BCUT2D eigenvalue weighted by Gasteiger charge is 2.35. The van der Waals surface area contributed by atoms with Crippen LogP contribution in [0.2, 0.25) is 0 Å². The monoisotopic (exact) mass is 551 g/mol. The lowest BCUT2D eigenvalue weighted by Crippen LogP contribution is -2.15. The Morgan fingerprint density at radius 1 is 0.442 bits per heavy atom. The van der Waals surface area contributed by atoms with Gasteiger partial charge in [-0.05, 0) is 104 Å². The van der Waals surface area contributed by atoms with Crippen LogP contribution < -0.4 is 4.90 Å². The summed E-state index contributed by atoms with van der Waals surface area (Å²) in [6.45, 7) is 6.82. The molecule has 1 nitrogen and oxygen atoms in total. The first kappa shape index (κ1) is 25.6. The third-order valence-electron chi connectivity index (χ3n) is 9.30. The molecule has 0 N–H and O–H groups in total. The maximum Gasteiger partial charge on any atom is 0.0468 e. The molecular formula is C42H33N. The number of hydrogen-bond acceptors (Lipinski definition) is 1. The van der Waals surface area contributed by atoms with Crippen molar-refractivity contribution in [1.29, 1.82) is 0 Å². The number of rotatable bonds is 4. The van der Waals surface area contributed by atoms with Crippen LogP contribution in [0.15, 0.2) is 146 Å². The van der Waals surface area contributed by atoms with Crippen LogP contribution in [0.4, 0.5) is 17.1 Å². The summed E-state index contributed by atoms with van der Waals surface area (Å²) in [6, 6.07) is 53.7. The summed E-state index contributed by atoms with van der Waals surface area (Å²) in [5.74, 6) is 0. The summed E-state index contributed by atoms with van der Waals surface area (Å²) in [4.78, 5) is 2.39. The Hall–Kier alpha value is -5.14. The molecule has 0 spiro atoms. The number of nitrogens with zero attached hydrogens (tertiary/aromatic N) is 1. The van der Waals surface area contributed by atoms with Crippen molar-refractivity contribution in [3.05, 3.63) is 162 Å². The molecule has 0 atom stereocenters. The van der Waals surface area contributed by atoms with Gasteiger partial charge in [0, 0.05) is 22.5 Å². The molecule has 0 radical (unpaired) electrons. The third kappa shape index (κ3) is 4.15. The molecule has 1 aliphatic rings. The fraction of sp³-hybridized carbons (Fsp3) is 0.0952. The van der Waals surface area contributed by atoms with Crippen LogP contribution in [0.5, 0.6) is 0 Å². The van der Waals surface area contributed by atoms with E-state index in [9.17, 15) is 0 Å². The minimum Gasteiger partial charge on any atom is -0.310 e. The van der Waals surface area contributed by atoms with Gasteiger partial charge in [-0.15, -0.1) is 0 Å². The van der Waals surface area contributed by atoms with Gasteiger partial charge in [-0.25, -0.2) is 0 Å². The highest BCUT2D eigenvalue weighted by Crippen LogP contribution is 2.50. The van der Waals surface area contributed by atoms with Gasteiger partial charge in [0.1, 0.15) is 0 Å². The van der Waals surface area contributed by atoms with Gasteiger partial charge in [0.25, 0.3) is 0 Å². The second-order valence-corrected chi connectivity index (χ2v) is 12.3. The Morgan fingerprint density at radius 2 is 1.07 bits per heavy atom. The third-order valence-corrected chi connectivity index (χ3v) is 9.30. The molecule has 1 heteroatoms. The summed E-state index contributed by atoms with van der Waals surface area (Å²) in [7, 11) is 0. The van der Waals surface area contributed by atoms with E-state index in [1.54, 1.807) is 0 Å². The SMILES string of the molecule is Cc1ccc(N(c2ccc3c(c2)-c2ccccc2C3(C)C)c2ccc3cc(-c4cccc5ccccc45)ccc3c2)cc1. The first-order valence-corrected chi connectivity index (χ1v) is 15.1. The molecule has 43 heavy (non-hydrogen) atoms. The van der Waals surface area contributed by atoms with E-state index in [-0.39, 0.29) is 5.41 Å². The fourth-order valence-corrected chi connectivity index (χ4v) is 7.01. The highest BCUT2D eigenvalue weighted by molar-refractivity contribution is 6.00. The molecule has 0 amide bonds. The standard InChI is InChI=1S/C42H33N/c1-28-15-20-33(21-16-28)43(35-23-24-41-39(27-35)38-12-6-7-14-40(38)42(41,2)3)34-22-19-30-25-32(18-17-31(30)26-34)37-13-8-10-29-9-4-5-11-36(29)37/h4-27H,1-3H3. The predicted octanol–water partition coefficient (Wildman–Crippen LogP) is 11.7. The number of fused-ring (bicyclic) bond motifs is 5. The van der Waals surface area contributed by atoms with E-state index < -0.39 is 0 Å². The second-order valence-electron chi connectivity index (χ2n) is 12.3. The lowest BCUT2D eigenvalue weighted by Gasteiger charge is -2.27. The second kappa shape index (κ2) is 9.71. The van der Waals surface area contributed by atoms with Gasteiger partial charge in [-0.3, -0.25) is 0 Å². The zero-order valence-electron chi connectivity index (χ0n) is 24.8. The summed E-state index contributed by atoms with van der Waals surface area (Å²) < 4.78 is 0. The molecule has 0 heterocycles. The van der Waals surface area contributed by atoms with Crippen molar-refractivity contribution < 1.29 is 0 Å². The predicted molar refractivity (Wildman–Crippen MR) is 184 cm³/mol. The number of benzene rings is 7. The topological polar surface area (TPSA) is 3.24 Å². The van der Waals surface area contributed by atoms with Crippen LogP contribution in [0, 0.1) is 6.92 Å². The van der Waals surface area contributed by atoms with Crippen molar-refractivity contribution in [2.45, 2.75) is 26.2 Å². The van der Waals surface area contributed by atoms with Crippen LogP contribution in [0.1, 0.15) is 30.5 Å². The normalized spacial score (nSPS) is 13.2. The largest absolute Gasteiger partial charge is 0.310 e. The number of hydrogen-bond donors (Lipinski definition) is 0. The molecule has 0 saturated heterocycles. The molecule has 0 aromatic heterocycles. The average Bonchev–Trinajstić information content (AvgIpc) is 3.27. The molecule has 1 aliphatic carbocycles. The summed E-state index contributed by atoms with van der Waals surface area (Å²) in [6.07, 6.45) is 0.